The van der Waals surface area contributed by atoms with E-state index >= 15 is 0 Å². The molecule has 16 heteroatoms. The fourth-order valence-corrected chi connectivity index (χ4v) is 2.08. The van der Waals surface area contributed by atoms with Crippen molar-refractivity contribution in [1.29, 1.82) is 0 Å². The molecule has 0 fully saturated rings. The van der Waals surface area contributed by atoms with Gasteiger partial charge in [0, 0.05) is 0 Å². The van der Waals surface area contributed by atoms with Crippen LogP contribution in [0.4, 0.5) is 64.1 Å². The summed E-state index contributed by atoms with van der Waals surface area (Å²) in [6.07, 6.45) is -25.7. The molecule has 0 saturated carbocycles. The van der Waals surface area contributed by atoms with Gasteiger partial charge in [0.05, 0.1) is 21.7 Å². The van der Waals surface area contributed by atoms with Gasteiger partial charge >= 0.3 is 24.7 Å². The Balaban J connectivity index is 4.51. The maximum atomic E-state index is 12.9. The van der Waals surface area contributed by atoms with Crippen molar-refractivity contribution in [3.8, 4) is 0 Å². The Hall–Kier alpha value is -2.42. The molecule has 1 aromatic rings. The molecule has 1 aromatic carbocycles. The van der Waals surface area contributed by atoms with Gasteiger partial charge in [-0.25, -0.2) is 0 Å². The average Bonchev–Trinajstić information content (AvgIpc) is 2.30. The Morgan fingerprint density at radius 3 is 1.00 bits per heavy atom. The fourth-order valence-electron chi connectivity index (χ4n) is 2.08. The lowest BCUT2D eigenvalue weighted by Crippen LogP contribution is -2.28. The molecule has 0 radical (unpaired) electrons. The molecule has 0 spiro atoms. The lowest BCUT2D eigenvalue weighted by molar-refractivity contribution is -0.391. The van der Waals surface area contributed by atoms with E-state index in [1.54, 1.807) is 0 Å². The number of nitro benzene ring substituents is 1. The third-order valence-corrected chi connectivity index (χ3v) is 2.83. The Morgan fingerprint density at radius 1 is 0.615 bits per heavy atom. The third kappa shape index (κ3) is 3.72. The minimum atomic E-state index is -6.48. The summed E-state index contributed by atoms with van der Waals surface area (Å²) in [7, 11) is 0. The summed E-state index contributed by atoms with van der Waals surface area (Å²) in [5.41, 5.74) is -16.1. The van der Waals surface area contributed by atoms with Crippen molar-refractivity contribution >= 4 is 11.4 Å². The maximum absolute atomic E-state index is 12.9. The molecule has 148 valence electrons. The summed E-state index contributed by atoms with van der Waals surface area (Å²) in [5.74, 6) is 0. The predicted molar refractivity (Wildman–Crippen MR) is 57.5 cm³/mol. The van der Waals surface area contributed by atoms with Crippen molar-refractivity contribution in [1.82, 2.24) is 0 Å². The van der Waals surface area contributed by atoms with Gasteiger partial charge in [0.1, 0.15) is 11.1 Å². The zero-order valence-electron chi connectivity index (χ0n) is 11.4. The van der Waals surface area contributed by atoms with Crippen molar-refractivity contribution in [3.63, 3.8) is 0 Å². The Kier molecular flexibility index (Phi) is 4.82. The van der Waals surface area contributed by atoms with E-state index in [9.17, 15) is 62.8 Å². The fraction of sp³-hybridized carbons (Fsp3) is 0.400. The van der Waals surface area contributed by atoms with E-state index in [1.807, 2.05) is 0 Å². The Bertz CT molecular complexity index is 688. The highest BCUT2D eigenvalue weighted by Gasteiger charge is 2.59. The van der Waals surface area contributed by atoms with Gasteiger partial charge in [-0.15, -0.1) is 0 Å². The van der Waals surface area contributed by atoms with Gasteiger partial charge in [-0.3, -0.25) is 10.1 Å². The van der Waals surface area contributed by atoms with Crippen LogP contribution < -0.4 is 5.73 Å². The number of hydrogen-bond donors (Lipinski definition) is 1. The van der Waals surface area contributed by atoms with E-state index in [-0.39, 0.29) is 0 Å². The summed E-state index contributed by atoms with van der Waals surface area (Å²) in [5, 5.41) is 10.6. The zero-order valence-corrected chi connectivity index (χ0v) is 11.4. The number of nitrogens with zero attached hydrogens (tertiary/aromatic N) is 1. The standard InChI is InChI=1S/C10H2F12N2O2/c11-7(12,13)1-3(9(17,18)19)6(24(25)26)4(10(20,21)22)2(5(1)23)8(14,15)16/h23H2. The molecule has 0 aliphatic rings. The molecule has 0 heterocycles. The van der Waals surface area contributed by atoms with Crippen LogP contribution in [0.2, 0.25) is 0 Å². The molecule has 0 atom stereocenters. The molecule has 0 aliphatic heterocycles. The number of nitro groups is 1. The van der Waals surface area contributed by atoms with Gasteiger partial charge in [0.25, 0.3) is 5.69 Å². The topological polar surface area (TPSA) is 69.2 Å². The number of benzene rings is 1. The van der Waals surface area contributed by atoms with Gasteiger partial charge in [0.15, 0.2) is 0 Å². The lowest BCUT2D eigenvalue weighted by atomic mass is 9.91. The highest BCUT2D eigenvalue weighted by Crippen LogP contribution is 2.56. The molecule has 0 unspecified atom stereocenters. The van der Waals surface area contributed by atoms with Gasteiger partial charge in [-0.05, 0) is 0 Å². The first-order chi connectivity index (χ1) is 11.2. The van der Waals surface area contributed by atoms with Crippen molar-refractivity contribution in [3.05, 3.63) is 32.4 Å². The first kappa shape index (κ1) is 21.6. The Morgan fingerprint density at radius 2 is 0.846 bits per heavy atom. The van der Waals surface area contributed by atoms with Gasteiger partial charge in [-0.1, -0.05) is 0 Å². The van der Waals surface area contributed by atoms with Gasteiger partial charge < -0.3 is 5.73 Å². The number of halogens is 12. The molecular formula is C10H2F12N2O2. The number of nitrogen functional groups attached to an aromatic ring is 1. The van der Waals surface area contributed by atoms with Crippen LogP contribution in [0, 0.1) is 10.1 Å². The summed E-state index contributed by atoms with van der Waals surface area (Å²) < 4.78 is 154. The number of hydrogen-bond acceptors (Lipinski definition) is 3. The lowest BCUT2D eigenvalue weighted by Gasteiger charge is -2.24. The van der Waals surface area contributed by atoms with Crippen molar-refractivity contribution in [2.24, 2.45) is 0 Å². The monoisotopic (exact) mass is 410 g/mol. The van der Waals surface area contributed by atoms with Crippen molar-refractivity contribution in [2.45, 2.75) is 24.7 Å². The van der Waals surface area contributed by atoms with Crippen LogP contribution in [-0.4, -0.2) is 4.92 Å². The predicted octanol–water partition coefficient (Wildman–Crippen LogP) is 5.25. The molecule has 0 aromatic heterocycles. The second-order valence-electron chi connectivity index (χ2n) is 4.51. The van der Waals surface area contributed by atoms with Crippen molar-refractivity contribution in [2.75, 3.05) is 5.73 Å². The van der Waals surface area contributed by atoms with E-state index in [0.717, 1.165) is 0 Å². The van der Waals surface area contributed by atoms with Crippen LogP contribution in [0.15, 0.2) is 0 Å². The summed E-state index contributed by atoms with van der Waals surface area (Å²) >= 11 is 0. The summed E-state index contributed by atoms with van der Waals surface area (Å²) in [4.78, 5) is 8.01. The largest absolute Gasteiger partial charge is 0.423 e. The van der Waals surface area contributed by atoms with Crippen LogP contribution in [-0.2, 0) is 24.7 Å². The minimum absolute atomic E-state index is 2.63. The van der Waals surface area contributed by atoms with Crippen LogP contribution in [0.1, 0.15) is 22.3 Å². The number of rotatable bonds is 1. The SMILES string of the molecule is Nc1c(C(F)(F)F)c(C(F)(F)F)c([N+](=O)[O-])c(C(F)(F)F)c1C(F)(F)F. The van der Waals surface area contributed by atoms with Gasteiger partial charge in [-0.2, -0.15) is 52.7 Å². The molecule has 26 heavy (non-hydrogen) atoms. The van der Waals surface area contributed by atoms with Crippen molar-refractivity contribution < 1.29 is 57.6 Å². The molecule has 1 rings (SSSR count). The minimum Gasteiger partial charge on any atom is -0.398 e. The van der Waals surface area contributed by atoms with Crippen LogP contribution in [0.5, 0.6) is 0 Å². The number of alkyl halides is 12. The van der Waals surface area contributed by atoms with E-state index in [1.165, 1.54) is 0 Å². The molecule has 2 N–H and O–H groups in total. The first-order valence-corrected chi connectivity index (χ1v) is 5.65. The van der Waals surface area contributed by atoms with Crippen LogP contribution in [0.3, 0.4) is 0 Å². The molecular weight excluding hydrogens is 408 g/mol. The second kappa shape index (κ2) is 5.80. The second-order valence-corrected chi connectivity index (χ2v) is 4.51. The highest BCUT2D eigenvalue weighted by molar-refractivity contribution is 5.72. The van der Waals surface area contributed by atoms with E-state index in [4.69, 9.17) is 0 Å². The Labute approximate surface area is 133 Å². The highest BCUT2D eigenvalue weighted by atomic mass is 19.4. The molecule has 0 amide bonds. The number of nitrogens with two attached hydrogens (primary N) is 1. The quantitative estimate of drug-likeness (QED) is 0.298. The summed E-state index contributed by atoms with van der Waals surface area (Å²) in [6, 6.07) is 0. The maximum Gasteiger partial charge on any atom is 0.423 e. The zero-order chi connectivity index (χ0) is 21.0. The van der Waals surface area contributed by atoms with Crippen LogP contribution >= 0.6 is 0 Å². The van der Waals surface area contributed by atoms with E-state index in [0.29, 0.717) is 0 Å². The normalized spacial score (nSPS) is 13.8. The van der Waals surface area contributed by atoms with E-state index < -0.39 is 63.3 Å². The first-order valence-electron chi connectivity index (χ1n) is 5.65. The van der Waals surface area contributed by atoms with Gasteiger partial charge in [0.2, 0.25) is 0 Å². The molecule has 0 aliphatic carbocycles. The van der Waals surface area contributed by atoms with Crippen LogP contribution in [0.25, 0.3) is 0 Å². The smallest absolute Gasteiger partial charge is 0.398 e. The van der Waals surface area contributed by atoms with E-state index in [2.05, 4.69) is 5.73 Å². The number of anilines is 1. The average molecular weight is 410 g/mol. The third-order valence-electron chi connectivity index (χ3n) is 2.83. The summed E-state index contributed by atoms with van der Waals surface area (Å²) in [6.45, 7) is 0. The molecule has 0 bridgehead atoms. The molecule has 0 saturated heterocycles. The molecule has 4 nitrogen and oxygen atoms in total.